The van der Waals surface area contributed by atoms with Gasteiger partial charge in [-0.05, 0) is 36.8 Å². The summed E-state index contributed by atoms with van der Waals surface area (Å²) in [6, 6.07) is 10.6. The van der Waals surface area contributed by atoms with Crippen molar-refractivity contribution in [3.8, 4) is 11.5 Å². The van der Waals surface area contributed by atoms with Crippen LogP contribution in [0.2, 0.25) is 5.02 Å². The Bertz CT molecular complexity index is 893. The molecule has 1 amide bonds. The summed E-state index contributed by atoms with van der Waals surface area (Å²) < 4.78 is 11.6. The summed E-state index contributed by atoms with van der Waals surface area (Å²) in [5.41, 5.74) is 1.26. The van der Waals surface area contributed by atoms with E-state index in [0.717, 1.165) is 22.4 Å². The molecule has 7 heteroatoms. The largest absolute Gasteiger partial charge is 0.495 e. The van der Waals surface area contributed by atoms with Crippen LogP contribution in [0, 0.1) is 0 Å². The molecule has 130 valence electrons. The van der Waals surface area contributed by atoms with Gasteiger partial charge in [0.2, 0.25) is 0 Å². The predicted octanol–water partition coefficient (Wildman–Crippen LogP) is 5.00. The monoisotopic (exact) mass is 376 g/mol. The number of halogens is 1. The van der Waals surface area contributed by atoms with Gasteiger partial charge in [0.1, 0.15) is 11.5 Å². The van der Waals surface area contributed by atoms with Crippen molar-refractivity contribution in [2.45, 2.75) is 13.3 Å². The smallest absolute Gasteiger partial charge is 0.257 e. The van der Waals surface area contributed by atoms with Crippen molar-refractivity contribution in [3.05, 3.63) is 47.0 Å². The number of carbonyl (C=O) groups is 1. The number of hydrogen-bond acceptors (Lipinski definition) is 5. The number of carbonyl (C=O) groups excluding carboxylic acids is 1. The molecule has 25 heavy (non-hydrogen) atoms. The van der Waals surface area contributed by atoms with Crippen molar-refractivity contribution < 1.29 is 14.3 Å². The molecule has 0 unspecified atom stereocenters. The summed E-state index contributed by atoms with van der Waals surface area (Å²) >= 11 is 7.47. The minimum Gasteiger partial charge on any atom is -0.495 e. The molecule has 0 saturated heterocycles. The van der Waals surface area contributed by atoms with E-state index in [1.54, 1.807) is 37.4 Å². The lowest BCUT2D eigenvalue weighted by atomic mass is 10.2. The van der Waals surface area contributed by atoms with Crippen molar-refractivity contribution in [3.63, 3.8) is 0 Å². The number of ether oxygens (including phenoxy) is 2. The zero-order valence-electron chi connectivity index (χ0n) is 13.8. The van der Waals surface area contributed by atoms with Gasteiger partial charge in [-0.15, -0.1) is 0 Å². The third-order valence-electron chi connectivity index (χ3n) is 3.47. The molecule has 0 fully saturated rings. The van der Waals surface area contributed by atoms with E-state index in [9.17, 15) is 4.79 Å². The highest BCUT2D eigenvalue weighted by molar-refractivity contribution is 7.22. The Labute approximate surface area is 154 Å². The fourth-order valence-electron chi connectivity index (χ4n) is 2.23. The molecule has 0 bridgehead atoms. The number of nitrogens with one attached hydrogen (secondary N) is 1. The first-order chi connectivity index (χ1) is 12.1. The van der Waals surface area contributed by atoms with Crippen molar-refractivity contribution in [2.75, 3.05) is 19.0 Å². The molecule has 0 aliphatic rings. The molecular weight excluding hydrogens is 360 g/mol. The quantitative estimate of drug-likeness (QED) is 0.657. The van der Waals surface area contributed by atoms with Crippen LogP contribution < -0.4 is 14.8 Å². The molecule has 0 spiro atoms. The number of rotatable bonds is 6. The van der Waals surface area contributed by atoms with Gasteiger partial charge in [0.05, 0.1) is 29.0 Å². The van der Waals surface area contributed by atoms with Crippen molar-refractivity contribution in [1.29, 1.82) is 0 Å². The van der Waals surface area contributed by atoms with Crippen molar-refractivity contribution >= 4 is 44.2 Å². The van der Waals surface area contributed by atoms with Crippen LogP contribution in [0.25, 0.3) is 10.2 Å². The lowest BCUT2D eigenvalue weighted by Crippen LogP contribution is -2.11. The maximum absolute atomic E-state index is 12.4. The minimum absolute atomic E-state index is 0.223. The number of fused-ring (bicyclic) bond motifs is 1. The van der Waals surface area contributed by atoms with E-state index in [1.165, 1.54) is 11.3 Å². The fourth-order valence-corrected chi connectivity index (χ4v) is 3.34. The summed E-state index contributed by atoms with van der Waals surface area (Å²) in [4.78, 5) is 16.8. The minimum atomic E-state index is -0.223. The molecule has 3 aromatic rings. The van der Waals surface area contributed by atoms with Crippen LogP contribution in [-0.2, 0) is 0 Å². The first kappa shape index (κ1) is 17.5. The molecule has 0 atom stereocenters. The summed E-state index contributed by atoms with van der Waals surface area (Å²) in [6.07, 6.45) is 0.939. The van der Waals surface area contributed by atoms with Gasteiger partial charge in [-0.2, -0.15) is 0 Å². The number of methoxy groups -OCH3 is 1. The maximum atomic E-state index is 12.4. The number of amides is 1. The van der Waals surface area contributed by atoms with Gasteiger partial charge in [0, 0.05) is 11.6 Å². The highest BCUT2D eigenvalue weighted by Crippen LogP contribution is 2.34. The summed E-state index contributed by atoms with van der Waals surface area (Å²) in [5, 5.41) is 3.81. The molecule has 3 rings (SSSR count). The van der Waals surface area contributed by atoms with Crippen LogP contribution in [0.1, 0.15) is 23.7 Å². The first-order valence-electron chi connectivity index (χ1n) is 7.79. The fraction of sp³-hybridized carbons (Fsp3) is 0.222. The van der Waals surface area contributed by atoms with E-state index >= 15 is 0 Å². The van der Waals surface area contributed by atoms with Crippen LogP contribution in [-0.4, -0.2) is 24.6 Å². The van der Waals surface area contributed by atoms with Crippen LogP contribution in [0.3, 0.4) is 0 Å². The van der Waals surface area contributed by atoms with Gasteiger partial charge in [-0.25, -0.2) is 4.98 Å². The number of hydrogen-bond donors (Lipinski definition) is 1. The second-order valence-electron chi connectivity index (χ2n) is 5.30. The van der Waals surface area contributed by atoms with Gasteiger partial charge in [-0.3, -0.25) is 10.1 Å². The Morgan fingerprint density at radius 1 is 1.28 bits per heavy atom. The normalized spacial score (nSPS) is 10.7. The third-order valence-corrected chi connectivity index (χ3v) is 4.70. The predicted molar refractivity (Wildman–Crippen MR) is 101 cm³/mol. The van der Waals surface area contributed by atoms with Gasteiger partial charge >= 0.3 is 0 Å². The highest BCUT2D eigenvalue weighted by Gasteiger charge is 2.12. The Balaban J connectivity index is 1.75. The Hall–Kier alpha value is -2.31. The second kappa shape index (κ2) is 7.72. The molecule has 0 saturated carbocycles. The van der Waals surface area contributed by atoms with Crippen molar-refractivity contribution in [2.24, 2.45) is 0 Å². The maximum Gasteiger partial charge on any atom is 0.257 e. The molecule has 1 heterocycles. The molecule has 2 aromatic carbocycles. The van der Waals surface area contributed by atoms with Crippen molar-refractivity contribution in [1.82, 2.24) is 4.98 Å². The SMILES string of the molecule is CCCOc1ccc(C(=O)Nc2nc3cc(Cl)c(OC)cc3s2)cc1. The lowest BCUT2D eigenvalue weighted by molar-refractivity contribution is 0.102. The van der Waals surface area contributed by atoms with E-state index in [2.05, 4.69) is 10.3 Å². The number of thiazole rings is 1. The zero-order chi connectivity index (χ0) is 17.8. The molecule has 0 aliphatic carbocycles. The van der Waals surface area contributed by atoms with E-state index < -0.39 is 0 Å². The standard InChI is InChI=1S/C18H17ClN2O3S/c1-3-8-24-12-6-4-11(5-7-12)17(22)21-18-20-14-9-13(19)15(23-2)10-16(14)25-18/h4-7,9-10H,3,8H2,1-2H3,(H,20,21,22). The molecule has 5 nitrogen and oxygen atoms in total. The lowest BCUT2D eigenvalue weighted by Gasteiger charge is -2.05. The molecule has 0 aliphatic heterocycles. The third kappa shape index (κ3) is 4.03. The average molecular weight is 377 g/mol. The number of benzene rings is 2. The Morgan fingerprint density at radius 3 is 2.72 bits per heavy atom. The topological polar surface area (TPSA) is 60.5 Å². The van der Waals surface area contributed by atoms with Gasteiger partial charge in [0.15, 0.2) is 5.13 Å². The van der Waals surface area contributed by atoms with E-state index in [4.69, 9.17) is 21.1 Å². The summed E-state index contributed by atoms with van der Waals surface area (Å²) in [7, 11) is 1.56. The van der Waals surface area contributed by atoms with Crippen LogP contribution in [0.4, 0.5) is 5.13 Å². The second-order valence-corrected chi connectivity index (χ2v) is 6.74. The van der Waals surface area contributed by atoms with E-state index in [0.29, 0.717) is 28.1 Å². The number of aromatic nitrogens is 1. The van der Waals surface area contributed by atoms with Crippen LogP contribution in [0.15, 0.2) is 36.4 Å². The molecule has 0 radical (unpaired) electrons. The van der Waals surface area contributed by atoms with Crippen LogP contribution >= 0.6 is 22.9 Å². The van der Waals surface area contributed by atoms with Gasteiger partial charge < -0.3 is 9.47 Å². The molecule has 1 aromatic heterocycles. The number of anilines is 1. The summed E-state index contributed by atoms with van der Waals surface area (Å²) in [6.45, 7) is 2.70. The van der Waals surface area contributed by atoms with E-state index in [-0.39, 0.29) is 5.91 Å². The Kier molecular flexibility index (Phi) is 5.40. The highest BCUT2D eigenvalue weighted by atomic mass is 35.5. The number of nitrogens with zero attached hydrogens (tertiary/aromatic N) is 1. The first-order valence-corrected chi connectivity index (χ1v) is 8.98. The summed E-state index contributed by atoms with van der Waals surface area (Å²) in [5.74, 6) is 1.11. The van der Waals surface area contributed by atoms with E-state index in [1.807, 2.05) is 13.0 Å². The average Bonchev–Trinajstić information content (AvgIpc) is 3.00. The molecular formula is C18H17ClN2O3S. The Morgan fingerprint density at radius 2 is 2.04 bits per heavy atom. The van der Waals surface area contributed by atoms with Gasteiger partial charge in [-0.1, -0.05) is 29.9 Å². The molecule has 1 N–H and O–H groups in total. The van der Waals surface area contributed by atoms with Gasteiger partial charge in [0.25, 0.3) is 5.91 Å². The zero-order valence-corrected chi connectivity index (χ0v) is 15.4. The van der Waals surface area contributed by atoms with Crippen LogP contribution in [0.5, 0.6) is 11.5 Å².